The number of carbonyl (C=O) groups is 1. The Morgan fingerprint density at radius 1 is 1.12 bits per heavy atom. The van der Waals surface area contributed by atoms with Crippen LogP contribution in [0.1, 0.15) is 11.1 Å². The third kappa shape index (κ3) is 2.83. The zero-order valence-electron chi connectivity index (χ0n) is 13.7. The lowest BCUT2D eigenvalue weighted by atomic mass is 10.0. The molecule has 0 aliphatic heterocycles. The van der Waals surface area contributed by atoms with Crippen LogP contribution in [0.4, 0.5) is 5.69 Å². The molecule has 0 unspecified atom stereocenters. The number of benzene rings is 3. The molecule has 4 aromatic rings. The number of aromatic hydroxyl groups is 1. The van der Waals surface area contributed by atoms with Gasteiger partial charge in [0.25, 0.3) is 0 Å². The van der Waals surface area contributed by atoms with E-state index in [1.165, 1.54) is 0 Å². The van der Waals surface area contributed by atoms with Crippen LogP contribution in [0.5, 0.6) is 5.75 Å². The zero-order valence-corrected chi connectivity index (χ0v) is 13.7. The van der Waals surface area contributed by atoms with Gasteiger partial charge in [-0.2, -0.15) is 0 Å². The number of anilines is 1. The van der Waals surface area contributed by atoms with Crippen molar-refractivity contribution >= 4 is 33.3 Å². The number of rotatable bonds is 3. The Balaban J connectivity index is 1.66. The molecule has 4 nitrogen and oxygen atoms in total. The molecule has 2 N–H and O–H groups in total. The first kappa shape index (κ1) is 15.3. The number of phenols is 1. The van der Waals surface area contributed by atoms with Gasteiger partial charge in [0.2, 0.25) is 5.91 Å². The van der Waals surface area contributed by atoms with E-state index >= 15 is 0 Å². The van der Waals surface area contributed by atoms with Gasteiger partial charge < -0.3 is 14.8 Å². The van der Waals surface area contributed by atoms with Crippen LogP contribution in [0.25, 0.3) is 21.7 Å². The average Bonchev–Trinajstić information content (AvgIpc) is 3.01. The molecule has 4 rings (SSSR count). The number of fused-ring (bicyclic) bond motifs is 3. The van der Waals surface area contributed by atoms with E-state index in [9.17, 15) is 9.90 Å². The molecular weight excluding hydrogens is 314 g/mol. The van der Waals surface area contributed by atoms with Gasteiger partial charge in [-0.05, 0) is 41.5 Å². The second-order valence-corrected chi connectivity index (χ2v) is 6.17. The lowest BCUT2D eigenvalue weighted by molar-refractivity contribution is -0.115. The maximum absolute atomic E-state index is 12.4. The topological polar surface area (TPSA) is 62.5 Å². The van der Waals surface area contributed by atoms with E-state index < -0.39 is 0 Å². The van der Waals surface area contributed by atoms with E-state index in [0.29, 0.717) is 5.69 Å². The summed E-state index contributed by atoms with van der Waals surface area (Å²) in [6.07, 6.45) is 1.81. The number of phenolic OH excluding ortho intramolecular Hbond substituents is 1. The Bertz CT molecular complexity index is 1090. The number of furan rings is 1. The van der Waals surface area contributed by atoms with Crippen molar-refractivity contribution in [3.8, 4) is 5.75 Å². The van der Waals surface area contributed by atoms with E-state index in [2.05, 4.69) is 5.32 Å². The summed E-state index contributed by atoms with van der Waals surface area (Å²) in [5.41, 5.74) is 2.94. The molecule has 0 fully saturated rings. The van der Waals surface area contributed by atoms with Crippen LogP contribution in [0.2, 0.25) is 0 Å². The van der Waals surface area contributed by atoms with E-state index in [4.69, 9.17) is 4.42 Å². The van der Waals surface area contributed by atoms with Crippen LogP contribution in [0, 0.1) is 6.92 Å². The summed E-state index contributed by atoms with van der Waals surface area (Å²) >= 11 is 0. The van der Waals surface area contributed by atoms with Gasteiger partial charge in [0, 0.05) is 10.9 Å². The fraction of sp³-hybridized carbons (Fsp3) is 0.0952. The smallest absolute Gasteiger partial charge is 0.229 e. The number of aryl methyl sites for hydroxylation is 1. The Kier molecular flexibility index (Phi) is 3.65. The molecule has 25 heavy (non-hydrogen) atoms. The maximum Gasteiger partial charge on any atom is 0.229 e. The monoisotopic (exact) mass is 331 g/mol. The normalized spacial score (nSPS) is 11.1. The van der Waals surface area contributed by atoms with Crippen LogP contribution in [-0.4, -0.2) is 11.0 Å². The number of hydrogen-bond donors (Lipinski definition) is 2. The van der Waals surface area contributed by atoms with E-state index in [1.807, 2.05) is 49.4 Å². The highest BCUT2D eigenvalue weighted by atomic mass is 16.3. The van der Waals surface area contributed by atoms with Gasteiger partial charge in [0.1, 0.15) is 11.3 Å². The van der Waals surface area contributed by atoms with Crippen LogP contribution in [0.15, 0.2) is 65.3 Å². The molecule has 1 amide bonds. The molecule has 1 heterocycles. The Morgan fingerprint density at radius 3 is 2.80 bits per heavy atom. The third-order valence-electron chi connectivity index (χ3n) is 4.32. The first-order chi connectivity index (χ1) is 12.1. The van der Waals surface area contributed by atoms with Gasteiger partial charge in [-0.3, -0.25) is 4.79 Å². The van der Waals surface area contributed by atoms with Gasteiger partial charge >= 0.3 is 0 Å². The lowest BCUT2D eigenvalue weighted by Gasteiger charge is -2.08. The maximum atomic E-state index is 12.4. The minimum absolute atomic E-state index is 0.0656. The molecule has 1 aromatic heterocycles. The summed E-state index contributed by atoms with van der Waals surface area (Å²) < 4.78 is 5.62. The molecule has 0 bridgehead atoms. The van der Waals surface area contributed by atoms with Crippen LogP contribution in [-0.2, 0) is 11.2 Å². The standard InChI is InChI=1S/C21H17NO3/c1-13-6-8-17(18(23)10-13)22-20(24)11-15-12-25-19-9-7-14-4-2-3-5-16(14)21(15)19/h2-10,12,23H,11H2,1H3,(H,22,24). The summed E-state index contributed by atoms with van der Waals surface area (Å²) in [7, 11) is 0. The molecule has 0 spiro atoms. The van der Waals surface area contributed by atoms with Crippen LogP contribution < -0.4 is 5.32 Å². The fourth-order valence-corrected chi connectivity index (χ4v) is 3.12. The Labute approximate surface area is 144 Å². The lowest BCUT2D eigenvalue weighted by Crippen LogP contribution is -2.14. The van der Waals surface area contributed by atoms with Crippen LogP contribution >= 0.6 is 0 Å². The van der Waals surface area contributed by atoms with Crippen molar-refractivity contribution in [2.75, 3.05) is 5.32 Å². The number of nitrogens with one attached hydrogen (secondary N) is 1. The first-order valence-corrected chi connectivity index (χ1v) is 8.09. The molecule has 0 radical (unpaired) electrons. The molecule has 3 aromatic carbocycles. The summed E-state index contributed by atoms with van der Waals surface area (Å²) in [4.78, 5) is 12.4. The highest BCUT2D eigenvalue weighted by Crippen LogP contribution is 2.30. The quantitative estimate of drug-likeness (QED) is 0.531. The molecule has 0 saturated carbocycles. The van der Waals surface area contributed by atoms with Crippen LogP contribution in [0.3, 0.4) is 0 Å². The van der Waals surface area contributed by atoms with Gasteiger partial charge in [-0.25, -0.2) is 0 Å². The minimum Gasteiger partial charge on any atom is -0.506 e. The van der Waals surface area contributed by atoms with Gasteiger partial charge in [0.15, 0.2) is 0 Å². The molecular formula is C21H17NO3. The molecule has 0 saturated heterocycles. The summed E-state index contributed by atoms with van der Waals surface area (Å²) in [6, 6.07) is 17.1. The number of amides is 1. The summed E-state index contributed by atoms with van der Waals surface area (Å²) in [5, 5.41) is 15.8. The predicted octanol–water partition coefficient (Wildman–Crippen LogP) is 4.78. The fourth-order valence-electron chi connectivity index (χ4n) is 3.12. The van der Waals surface area contributed by atoms with Crippen molar-refractivity contribution in [2.45, 2.75) is 13.3 Å². The van der Waals surface area contributed by atoms with E-state index in [0.717, 1.165) is 32.9 Å². The van der Waals surface area contributed by atoms with Crippen molar-refractivity contribution in [1.82, 2.24) is 0 Å². The average molecular weight is 331 g/mol. The largest absolute Gasteiger partial charge is 0.506 e. The molecule has 0 aliphatic rings. The molecule has 0 aliphatic carbocycles. The minimum atomic E-state index is -0.199. The van der Waals surface area contributed by atoms with Gasteiger partial charge in [-0.15, -0.1) is 0 Å². The predicted molar refractivity (Wildman–Crippen MR) is 98.9 cm³/mol. The SMILES string of the molecule is Cc1ccc(NC(=O)Cc2coc3ccc4ccccc4c23)c(O)c1. The van der Waals surface area contributed by atoms with Gasteiger partial charge in [-0.1, -0.05) is 36.4 Å². The highest BCUT2D eigenvalue weighted by molar-refractivity contribution is 6.09. The van der Waals surface area contributed by atoms with Crippen molar-refractivity contribution in [1.29, 1.82) is 0 Å². The second-order valence-electron chi connectivity index (χ2n) is 6.17. The van der Waals surface area contributed by atoms with E-state index in [-0.39, 0.29) is 18.1 Å². The molecule has 4 heteroatoms. The Morgan fingerprint density at radius 2 is 1.96 bits per heavy atom. The molecule has 124 valence electrons. The van der Waals surface area contributed by atoms with Crippen molar-refractivity contribution in [3.63, 3.8) is 0 Å². The summed E-state index contributed by atoms with van der Waals surface area (Å²) in [6.45, 7) is 1.88. The molecule has 0 atom stereocenters. The number of carbonyl (C=O) groups excluding carboxylic acids is 1. The Hall–Kier alpha value is -3.27. The second kappa shape index (κ2) is 5.98. The zero-order chi connectivity index (χ0) is 17.4. The highest BCUT2D eigenvalue weighted by Gasteiger charge is 2.14. The first-order valence-electron chi connectivity index (χ1n) is 8.09. The van der Waals surface area contributed by atoms with Gasteiger partial charge in [0.05, 0.1) is 18.4 Å². The summed E-state index contributed by atoms with van der Waals surface area (Å²) in [5.74, 6) is -0.134. The third-order valence-corrected chi connectivity index (χ3v) is 4.32. The van der Waals surface area contributed by atoms with Crippen molar-refractivity contribution < 1.29 is 14.3 Å². The van der Waals surface area contributed by atoms with Crippen molar-refractivity contribution in [2.24, 2.45) is 0 Å². The van der Waals surface area contributed by atoms with E-state index in [1.54, 1.807) is 18.4 Å². The number of hydrogen-bond acceptors (Lipinski definition) is 3. The van der Waals surface area contributed by atoms with Crippen molar-refractivity contribution in [3.05, 3.63) is 72.0 Å².